The SMILES string of the molecule is CCCC[N+](CCCC)(CCCC)CCCC.[B]OCCCCC. The minimum Gasteiger partial charge on any atom is -0.448 e. The fourth-order valence-electron chi connectivity index (χ4n) is 3.08. The Morgan fingerprint density at radius 2 is 0.875 bits per heavy atom. The predicted molar refractivity (Wildman–Crippen MR) is 111 cm³/mol. The molecule has 0 aromatic carbocycles. The highest BCUT2D eigenvalue weighted by Gasteiger charge is 2.24. The highest BCUT2D eigenvalue weighted by molar-refractivity contribution is 5.97. The summed E-state index contributed by atoms with van der Waals surface area (Å²) >= 11 is 0. The Morgan fingerprint density at radius 1 is 0.542 bits per heavy atom. The number of unbranched alkanes of at least 4 members (excludes halogenated alkanes) is 6. The Hall–Kier alpha value is -0.0151. The number of hydrogen-bond acceptors (Lipinski definition) is 1. The zero-order valence-electron chi connectivity index (χ0n) is 17.7. The van der Waals surface area contributed by atoms with Crippen molar-refractivity contribution in [2.45, 2.75) is 105 Å². The molecule has 0 heterocycles. The molecule has 0 amide bonds. The monoisotopic (exact) mass is 340 g/mol. The average Bonchev–Trinajstić information content (AvgIpc) is 2.61. The van der Waals surface area contributed by atoms with E-state index in [0.717, 1.165) is 6.42 Å². The zero-order valence-corrected chi connectivity index (χ0v) is 17.7. The van der Waals surface area contributed by atoms with Crippen molar-refractivity contribution in [3.63, 3.8) is 0 Å². The van der Waals surface area contributed by atoms with Gasteiger partial charge in [0.15, 0.2) is 0 Å². The van der Waals surface area contributed by atoms with Gasteiger partial charge in [-0.05, 0) is 32.1 Å². The lowest BCUT2D eigenvalue weighted by Crippen LogP contribution is -2.50. The molecule has 24 heavy (non-hydrogen) atoms. The van der Waals surface area contributed by atoms with Crippen molar-refractivity contribution in [2.24, 2.45) is 0 Å². The first-order valence-electron chi connectivity index (χ1n) is 10.8. The normalized spacial score (nSPS) is 11.2. The summed E-state index contributed by atoms with van der Waals surface area (Å²) in [5, 5.41) is 0. The van der Waals surface area contributed by atoms with Crippen LogP contribution in [0.1, 0.15) is 105 Å². The first-order valence-corrected chi connectivity index (χ1v) is 10.8. The largest absolute Gasteiger partial charge is 0.448 e. The van der Waals surface area contributed by atoms with Crippen molar-refractivity contribution in [1.82, 2.24) is 0 Å². The number of rotatable bonds is 16. The lowest BCUT2D eigenvalue weighted by Gasteiger charge is -2.39. The molecule has 0 saturated heterocycles. The van der Waals surface area contributed by atoms with E-state index >= 15 is 0 Å². The summed E-state index contributed by atoms with van der Waals surface area (Å²) in [6.07, 6.45) is 14.6. The van der Waals surface area contributed by atoms with Crippen LogP contribution in [0.5, 0.6) is 0 Å². The van der Waals surface area contributed by atoms with Gasteiger partial charge in [0.2, 0.25) is 0 Å². The van der Waals surface area contributed by atoms with Crippen LogP contribution >= 0.6 is 0 Å². The van der Waals surface area contributed by atoms with E-state index in [-0.39, 0.29) is 0 Å². The van der Waals surface area contributed by atoms with Gasteiger partial charge in [-0.1, -0.05) is 73.1 Å². The topological polar surface area (TPSA) is 9.23 Å². The van der Waals surface area contributed by atoms with Gasteiger partial charge in [-0.2, -0.15) is 0 Å². The van der Waals surface area contributed by atoms with Crippen LogP contribution in [0.15, 0.2) is 0 Å². The van der Waals surface area contributed by atoms with E-state index in [1.807, 2.05) is 0 Å². The average molecular weight is 340 g/mol. The van der Waals surface area contributed by atoms with Crippen molar-refractivity contribution in [2.75, 3.05) is 32.8 Å². The summed E-state index contributed by atoms with van der Waals surface area (Å²) < 4.78 is 5.76. The molecule has 0 N–H and O–H groups in total. The molecular weight excluding hydrogens is 293 g/mol. The predicted octanol–water partition coefficient (Wildman–Crippen LogP) is 6.28. The molecule has 0 aliphatic carbocycles. The summed E-state index contributed by atoms with van der Waals surface area (Å²) in [6, 6.07) is 0. The number of hydrogen-bond donors (Lipinski definition) is 0. The maximum absolute atomic E-state index is 4.77. The van der Waals surface area contributed by atoms with Gasteiger partial charge >= 0.3 is 0 Å². The maximum Gasteiger partial charge on any atom is 0.282 e. The maximum atomic E-state index is 4.77. The molecule has 0 rings (SSSR count). The molecule has 0 aromatic rings. The van der Waals surface area contributed by atoms with Gasteiger partial charge in [0, 0.05) is 6.61 Å². The smallest absolute Gasteiger partial charge is 0.282 e. The van der Waals surface area contributed by atoms with Gasteiger partial charge in [0.1, 0.15) is 0 Å². The first kappa shape index (κ1) is 26.2. The van der Waals surface area contributed by atoms with Gasteiger partial charge < -0.3 is 9.14 Å². The van der Waals surface area contributed by atoms with Crippen LogP contribution in [-0.4, -0.2) is 45.3 Å². The van der Waals surface area contributed by atoms with Crippen molar-refractivity contribution in [1.29, 1.82) is 0 Å². The van der Waals surface area contributed by atoms with Gasteiger partial charge in [-0.25, -0.2) is 0 Å². The Morgan fingerprint density at radius 3 is 1.12 bits per heavy atom. The third-order valence-corrected chi connectivity index (χ3v) is 4.81. The Balaban J connectivity index is 0. The van der Waals surface area contributed by atoms with Crippen LogP contribution in [0.4, 0.5) is 0 Å². The molecule has 0 aromatic heterocycles. The highest BCUT2D eigenvalue weighted by atomic mass is 16.4. The van der Waals surface area contributed by atoms with Gasteiger partial charge in [0.05, 0.1) is 26.2 Å². The van der Waals surface area contributed by atoms with Crippen LogP contribution < -0.4 is 0 Å². The minimum absolute atomic E-state index is 0.702. The molecule has 0 aliphatic heterocycles. The molecule has 0 fully saturated rings. The minimum atomic E-state index is 0.702. The summed E-state index contributed by atoms with van der Waals surface area (Å²) in [7, 11) is 4.77. The summed E-state index contributed by atoms with van der Waals surface area (Å²) in [6.45, 7) is 17.9. The van der Waals surface area contributed by atoms with Crippen LogP contribution in [0.25, 0.3) is 0 Å². The van der Waals surface area contributed by atoms with E-state index in [1.165, 1.54) is 94.9 Å². The van der Waals surface area contributed by atoms with E-state index < -0.39 is 0 Å². The highest BCUT2D eigenvalue weighted by Crippen LogP contribution is 2.16. The van der Waals surface area contributed by atoms with Gasteiger partial charge in [0.25, 0.3) is 8.05 Å². The van der Waals surface area contributed by atoms with Gasteiger partial charge in [-0.15, -0.1) is 0 Å². The fraction of sp³-hybridized carbons (Fsp3) is 1.00. The van der Waals surface area contributed by atoms with E-state index in [9.17, 15) is 0 Å². The van der Waals surface area contributed by atoms with Crippen LogP contribution in [0.3, 0.4) is 0 Å². The quantitative estimate of drug-likeness (QED) is 0.182. The fourth-order valence-corrected chi connectivity index (χ4v) is 3.08. The molecule has 2 radical (unpaired) electrons. The Labute approximate surface area is 155 Å². The Kier molecular flexibility index (Phi) is 23.0. The first-order chi connectivity index (χ1) is 11.7. The number of quaternary nitrogens is 1. The van der Waals surface area contributed by atoms with Crippen molar-refractivity contribution in [3.05, 3.63) is 0 Å². The second-order valence-electron chi connectivity index (χ2n) is 7.23. The van der Waals surface area contributed by atoms with E-state index in [0.29, 0.717) is 6.61 Å². The van der Waals surface area contributed by atoms with Crippen molar-refractivity contribution in [3.8, 4) is 0 Å². The summed E-state index contributed by atoms with van der Waals surface area (Å²) in [5.41, 5.74) is 0. The lowest BCUT2D eigenvalue weighted by atomic mass is 10.1. The molecule has 0 bridgehead atoms. The molecule has 0 unspecified atom stereocenters. The molecule has 0 atom stereocenters. The van der Waals surface area contributed by atoms with E-state index in [1.54, 1.807) is 0 Å². The molecule has 0 saturated carbocycles. The van der Waals surface area contributed by atoms with E-state index in [4.69, 9.17) is 8.05 Å². The summed E-state index contributed by atoms with van der Waals surface area (Å²) in [4.78, 5) is 0. The third kappa shape index (κ3) is 16.8. The van der Waals surface area contributed by atoms with Crippen molar-refractivity contribution < 1.29 is 9.14 Å². The van der Waals surface area contributed by atoms with Crippen LogP contribution in [0.2, 0.25) is 0 Å². The van der Waals surface area contributed by atoms with Crippen molar-refractivity contribution >= 4 is 8.05 Å². The van der Waals surface area contributed by atoms with E-state index in [2.05, 4.69) is 39.3 Å². The van der Waals surface area contributed by atoms with Gasteiger partial charge in [-0.3, -0.25) is 0 Å². The second-order valence-corrected chi connectivity index (χ2v) is 7.23. The molecule has 3 heteroatoms. The molecular formula is C21H47BNO+. The van der Waals surface area contributed by atoms with Crippen LogP contribution in [0, 0.1) is 0 Å². The zero-order chi connectivity index (χ0) is 18.5. The standard InChI is InChI=1S/C16H36N.C5H11BO/c1-5-9-13-17(14-10-6-2,15-11-7-3)16-12-8-4;1-2-3-4-5-7-6/h5-16H2,1-4H3;2-5H2,1H3/q+1;. The molecule has 2 nitrogen and oxygen atoms in total. The van der Waals surface area contributed by atoms with Crippen LogP contribution in [-0.2, 0) is 4.65 Å². The Bertz CT molecular complexity index is 182. The second kappa shape index (κ2) is 21.0. The summed E-state index contributed by atoms with van der Waals surface area (Å²) in [5.74, 6) is 0. The molecule has 0 spiro atoms. The lowest BCUT2D eigenvalue weighted by molar-refractivity contribution is -0.929. The number of nitrogens with zero attached hydrogens (tertiary/aromatic N) is 1. The molecule has 0 aliphatic rings. The molecule has 144 valence electrons. The third-order valence-electron chi connectivity index (χ3n) is 4.81.